The normalized spacial score (nSPS) is 15.7. The van der Waals surface area contributed by atoms with E-state index in [9.17, 15) is 4.39 Å². The monoisotopic (exact) mass is 572 g/mol. The Kier molecular flexibility index (Phi) is 11.0. The Bertz CT molecular complexity index is 906. The van der Waals surface area contributed by atoms with Gasteiger partial charge in [-0.25, -0.2) is 9.38 Å². The highest BCUT2D eigenvalue weighted by atomic mass is 127. The highest BCUT2D eigenvalue weighted by molar-refractivity contribution is 14.0. The molecule has 182 valence electrons. The third kappa shape index (κ3) is 7.63. The fourth-order valence-corrected chi connectivity index (χ4v) is 3.76. The van der Waals surface area contributed by atoms with E-state index in [1.54, 1.807) is 33.5 Å². The van der Waals surface area contributed by atoms with Crippen molar-refractivity contribution in [2.45, 2.75) is 32.5 Å². The van der Waals surface area contributed by atoms with E-state index in [-0.39, 0.29) is 42.4 Å². The molecule has 0 aliphatic carbocycles. The summed E-state index contributed by atoms with van der Waals surface area (Å²) in [5.74, 6) is 2.04. The van der Waals surface area contributed by atoms with Gasteiger partial charge in [0.2, 0.25) is 0 Å². The molecule has 2 aromatic rings. The van der Waals surface area contributed by atoms with Crippen molar-refractivity contribution >= 4 is 35.6 Å². The molecule has 0 saturated carbocycles. The molecule has 1 heterocycles. The predicted octanol–water partition coefficient (Wildman–Crippen LogP) is 3.94. The lowest BCUT2D eigenvalue weighted by molar-refractivity contribution is 0.181. The maximum atomic E-state index is 13.9. The lowest BCUT2D eigenvalue weighted by Crippen LogP contribution is -2.44. The van der Waals surface area contributed by atoms with Crippen molar-refractivity contribution in [3.8, 4) is 11.5 Å². The fourth-order valence-electron chi connectivity index (χ4n) is 3.76. The van der Waals surface area contributed by atoms with Crippen LogP contribution in [0.5, 0.6) is 11.5 Å². The minimum atomic E-state index is -0.259. The van der Waals surface area contributed by atoms with Crippen molar-refractivity contribution in [3.63, 3.8) is 0 Å². The quantitative estimate of drug-likeness (QED) is 0.270. The van der Waals surface area contributed by atoms with E-state index >= 15 is 0 Å². The van der Waals surface area contributed by atoms with E-state index in [1.807, 2.05) is 25.1 Å². The SMILES string of the molecule is CCNC(=NCc1ccc(F)c(COC)c1)NC1CCN(c2cc(OC)cc(OC)c2)C1.I. The number of anilines is 1. The van der Waals surface area contributed by atoms with E-state index < -0.39 is 0 Å². The molecular weight excluding hydrogens is 538 g/mol. The van der Waals surface area contributed by atoms with E-state index in [4.69, 9.17) is 19.2 Å². The summed E-state index contributed by atoms with van der Waals surface area (Å²) >= 11 is 0. The molecule has 0 radical (unpaired) electrons. The number of hydrogen-bond acceptors (Lipinski definition) is 5. The van der Waals surface area contributed by atoms with Crippen molar-refractivity contribution < 1.29 is 18.6 Å². The first-order valence-corrected chi connectivity index (χ1v) is 10.8. The Labute approximate surface area is 212 Å². The van der Waals surface area contributed by atoms with Gasteiger partial charge in [0.05, 0.1) is 27.4 Å². The number of hydrogen-bond donors (Lipinski definition) is 2. The number of guanidine groups is 1. The van der Waals surface area contributed by atoms with Crippen LogP contribution in [0.2, 0.25) is 0 Å². The molecule has 2 N–H and O–H groups in total. The van der Waals surface area contributed by atoms with Crippen LogP contribution in [0.15, 0.2) is 41.4 Å². The molecule has 0 aromatic heterocycles. The second-order valence-corrected chi connectivity index (χ2v) is 7.70. The zero-order valence-electron chi connectivity index (χ0n) is 19.7. The topological polar surface area (TPSA) is 67.4 Å². The number of rotatable bonds is 9. The summed E-state index contributed by atoms with van der Waals surface area (Å²) in [7, 11) is 4.88. The molecule has 2 aromatic carbocycles. The highest BCUT2D eigenvalue weighted by Crippen LogP contribution is 2.30. The molecule has 9 heteroatoms. The second-order valence-electron chi connectivity index (χ2n) is 7.70. The van der Waals surface area contributed by atoms with Gasteiger partial charge in [0.1, 0.15) is 17.3 Å². The second kappa shape index (κ2) is 13.4. The molecule has 1 atom stereocenters. The standard InChI is InChI=1S/C24H33FN4O3.HI/c1-5-26-24(27-14-17-6-7-23(25)18(10-17)16-30-2)28-19-8-9-29(15-19)20-11-21(31-3)13-22(12-20)32-4;/h6-7,10-13,19H,5,8-9,14-16H2,1-4H3,(H2,26,27,28);1H. The summed E-state index contributed by atoms with van der Waals surface area (Å²) in [5, 5.41) is 6.83. The minimum Gasteiger partial charge on any atom is -0.497 e. The van der Waals surface area contributed by atoms with Crippen LogP contribution in [-0.4, -0.2) is 53.0 Å². The largest absolute Gasteiger partial charge is 0.497 e. The average Bonchev–Trinajstić information content (AvgIpc) is 3.28. The number of halogens is 2. The maximum absolute atomic E-state index is 13.9. The van der Waals surface area contributed by atoms with Crippen LogP contribution in [0.4, 0.5) is 10.1 Å². The van der Waals surface area contributed by atoms with E-state index in [0.29, 0.717) is 12.1 Å². The van der Waals surface area contributed by atoms with E-state index in [1.165, 1.54) is 6.07 Å². The zero-order valence-corrected chi connectivity index (χ0v) is 22.0. The Morgan fingerprint density at radius 1 is 1.12 bits per heavy atom. The lowest BCUT2D eigenvalue weighted by atomic mass is 10.1. The third-order valence-electron chi connectivity index (χ3n) is 5.40. The number of aliphatic imine (C=N–C) groups is 1. The van der Waals surface area contributed by atoms with Gasteiger partial charge in [-0.2, -0.15) is 0 Å². The van der Waals surface area contributed by atoms with Gasteiger partial charge >= 0.3 is 0 Å². The Balaban J connectivity index is 0.00000385. The van der Waals surface area contributed by atoms with Crippen LogP contribution in [-0.2, 0) is 17.9 Å². The molecule has 0 amide bonds. The first-order chi connectivity index (χ1) is 15.6. The highest BCUT2D eigenvalue weighted by Gasteiger charge is 2.24. The number of nitrogens with one attached hydrogen (secondary N) is 2. The van der Waals surface area contributed by atoms with Gasteiger partial charge < -0.3 is 29.7 Å². The molecule has 0 spiro atoms. The van der Waals surface area contributed by atoms with Crippen molar-refractivity contribution in [3.05, 3.63) is 53.3 Å². The van der Waals surface area contributed by atoms with Crippen molar-refractivity contribution in [1.82, 2.24) is 10.6 Å². The van der Waals surface area contributed by atoms with Crippen LogP contribution in [0, 0.1) is 5.82 Å². The summed E-state index contributed by atoms with van der Waals surface area (Å²) in [6, 6.07) is 11.2. The van der Waals surface area contributed by atoms with Gasteiger partial charge in [-0.15, -0.1) is 24.0 Å². The summed E-state index contributed by atoms with van der Waals surface area (Å²) < 4.78 is 29.7. The zero-order chi connectivity index (χ0) is 22.9. The average molecular weight is 572 g/mol. The van der Waals surface area contributed by atoms with Gasteiger partial charge in [0.15, 0.2) is 5.96 Å². The van der Waals surface area contributed by atoms with Crippen molar-refractivity contribution in [2.75, 3.05) is 45.9 Å². The van der Waals surface area contributed by atoms with Crippen LogP contribution >= 0.6 is 24.0 Å². The molecule has 1 aliphatic rings. The predicted molar refractivity (Wildman–Crippen MR) is 141 cm³/mol. The maximum Gasteiger partial charge on any atom is 0.191 e. The van der Waals surface area contributed by atoms with Crippen LogP contribution in [0.3, 0.4) is 0 Å². The summed E-state index contributed by atoms with van der Waals surface area (Å²) in [4.78, 5) is 7.01. The van der Waals surface area contributed by atoms with E-state index in [0.717, 1.165) is 54.8 Å². The van der Waals surface area contributed by atoms with Crippen molar-refractivity contribution in [1.29, 1.82) is 0 Å². The van der Waals surface area contributed by atoms with Gasteiger partial charge in [0.25, 0.3) is 0 Å². The Morgan fingerprint density at radius 3 is 2.48 bits per heavy atom. The summed E-state index contributed by atoms with van der Waals surface area (Å²) in [6.45, 7) is 5.26. The molecular formula is C24H34FIN4O3. The lowest BCUT2D eigenvalue weighted by Gasteiger charge is -2.21. The number of nitrogens with zero attached hydrogens (tertiary/aromatic N) is 2. The first kappa shape index (κ1) is 27.0. The van der Waals surface area contributed by atoms with Gasteiger partial charge in [-0.3, -0.25) is 0 Å². The van der Waals surface area contributed by atoms with Crippen molar-refractivity contribution in [2.24, 2.45) is 4.99 Å². The third-order valence-corrected chi connectivity index (χ3v) is 5.40. The molecule has 0 bridgehead atoms. The molecule has 1 saturated heterocycles. The van der Waals surface area contributed by atoms with Crippen LogP contribution in [0.1, 0.15) is 24.5 Å². The Morgan fingerprint density at radius 2 is 1.85 bits per heavy atom. The first-order valence-electron chi connectivity index (χ1n) is 10.8. The fraction of sp³-hybridized carbons (Fsp3) is 0.458. The van der Waals surface area contributed by atoms with Gasteiger partial charge in [-0.05, 0) is 31.0 Å². The van der Waals surface area contributed by atoms with E-state index in [2.05, 4.69) is 15.5 Å². The summed E-state index contributed by atoms with van der Waals surface area (Å²) in [6.07, 6.45) is 0.985. The van der Waals surface area contributed by atoms with Gasteiger partial charge in [-0.1, -0.05) is 6.07 Å². The molecule has 3 rings (SSSR count). The van der Waals surface area contributed by atoms with Crippen LogP contribution < -0.4 is 25.0 Å². The minimum absolute atomic E-state index is 0. The molecule has 1 fully saturated rings. The van der Waals surface area contributed by atoms with Crippen LogP contribution in [0.25, 0.3) is 0 Å². The molecule has 7 nitrogen and oxygen atoms in total. The number of ether oxygens (including phenoxy) is 3. The number of methoxy groups -OCH3 is 3. The Hall–Kier alpha value is -2.27. The number of benzene rings is 2. The molecule has 1 unspecified atom stereocenters. The smallest absolute Gasteiger partial charge is 0.191 e. The molecule has 1 aliphatic heterocycles. The molecule has 33 heavy (non-hydrogen) atoms. The summed E-state index contributed by atoms with van der Waals surface area (Å²) in [5.41, 5.74) is 2.55. The van der Waals surface area contributed by atoms with Gasteiger partial charge in [0, 0.05) is 62.2 Å².